The molecule has 0 atom stereocenters. The summed E-state index contributed by atoms with van der Waals surface area (Å²) >= 11 is 5.93. The van der Waals surface area contributed by atoms with Crippen LogP contribution < -0.4 is 14.8 Å². The molecule has 0 saturated carbocycles. The molecule has 8 heteroatoms. The number of benzene rings is 3. The summed E-state index contributed by atoms with van der Waals surface area (Å²) in [5.41, 5.74) is 2.26. The van der Waals surface area contributed by atoms with Crippen molar-refractivity contribution in [2.45, 2.75) is 20.5 Å². The average molecular weight is 505 g/mol. The molecule has 0 unspecified atom stereocenters. The van der Waals surface area contributed by atoms with Crippen LogP contribution in [0.25, 0.3) is 6.08 Å². The third-order valence-corrected chi connectivity index (χ3v) is 5.16. The second kappa shape index (κ2) is 13.0. The fourth-order valence-electron chi connectivity index (χ4n) is 3.16. The van der Waals surface area contributed by atoms with E-state index in [1.807, 2.05) is 25.1 Å². The van der Waals surface area contributed by atoms with Crippen molar-refractivity contribution in [3.8, 4) is 17.6 Å². The molecule has 1 amide bonds. The molecule has 184 valence electrons. The molecule has 7 nitrogen and oxygen atoms in total. The van der Waals surface area contributed by atoms with Gasteiger partial charge in [0.15, 0.2) is 11.5 Å². The van der Waals surface area contributed by atoms with Crippen LogP contribution >= 0.6 is 11.6 Å². The molecule has 3 aromatic carbocycles. The van der Waals surface area contributed by atoms with Gasteiger partial charge in [-0.3, -0.25) is 4.79 Å². The monoisotopic (exact) mass is 504 g/mol. The van der Waals surface area contributed by atoms with Crippen molar-refractivity contribution in [2.75, 3.05) is 18.5 Å². The Labute approximate surface area is 214 Å². The van der Waals surface area contributed by atoms with Gasteiger partial charge in [-0.1, -0.05) is 29.8 Å². The Morgan fingerprint density at radius 1 is 0.944 bits per heavy atom. The van der Waals surface area contributed by atoms with Gasteiger partial charge in [-0.05, 0) is 79.6 Å². The standard InChI is InChI=1S/C28H25ClN2O5/c1-3-34-26-16-20(7-14-25(26)36-18-19-5-10-23(29)11-6-19)15-22(17-30)27(32)31-24-12-8-21(9-13-24)28(33)35-4-2/h5-16H,3-4,18H2,1-2H3,(H,31,32)/b22-15+. The number of nitrogens with zero attached hydrogens (tertiary/aromatic N) is 1. The SMILES string of the molecule is CCOC(=O)c1ccc(NC(=O)/C(C#N)=C/c2ccc(OCc3ccc(Cl)cc3)c(OCC)c2)cc1. The number of hydrogen-bond acceptors (Lipinski definition) is 6. The maximum Gasteiger partial charge on any atom is 0.338 e. The van der Waals surface area contributed by atoms with Crippen LogP contribution in [0.15, 0.2) is 72.3 Å². The van der Waals surface area contributed by atoms with Crippen LogP contribution in [0, 0.1) is 11.3 Å². The van der Waals surface area contributed by atoms with E-state index < -0.39 is 11.9 Å². The number of ether oxygens (including phenoxy) is 3. The molecule has 0 aliphatic rings. The van der Waals surface area contributed by atoms with Crippen molar-refractivity contribution in [2.24, 2.45) is 0 Å². The number of carbonyl (C=O) groups is 2. The predicted octanol–water partition coefficient (Wildman–Crippen LogP) is 6.04. The van der Waals surface area contributed by atoms with E-state index in [0.29, 0.717) is 46.5 Å². The van der Waals surface area contributed by atoms with Crippen molar-refractivity contribution in [1.82, 2.24) is 0 Å². The van der Waals surface area contributed by atoms with Gasteiger partial charge in [-0.25, -0.2) is 4.79 Å². The number of carbonyl (C=O) groups excluding carboxylic acids is 2. The Balaban J connectivity index is 1.72. The van der Waals surface area contributed by atoms with Crippen LogP contribution in [-0.4, -0.2) is 25.1 Å². The van der Waals surface area contributed by atoms with Crippen LogP contribution in [0.4, 0.5) is 5.69 Å². The fourth-order valence-corrected chi connectivity index (χ4v) is 3.29. The number of nitriles is 1. The first kappa shape index (κ1) is 26.3. The largest absolute Gasteiger partial charge is 0.490 e. The number of rotatable bonds is 10. The highest BCUT2D eigenvalue weighted by Gasteiger charge is 2.13. The fraction of sp³-hybridized carbons (Fsp3) is 0.179. The van der Waals surface area contributed by atoms with Gasteiger partial charge >= 0.3 is 5.97 Å². The maximum absolute atomic E-state index is 12.7. The molecule has 36 heavy (non-hydrogen) atoms. The normalized spacial score (nSPS) is 10.8. The first-order valence-electron chi connectivity index (χ1n) is 11.3. The number of amides is 1. The van der Waals surface area contributed by atoms with Crippen molar-refractivity contribution >= 4 is 35.2 Å². The summed E-state index contributed by atoms with van der Waals surface area (Å²) in [6.45, 7) is 4.59. The third-order valence-electron chi connectivity index (χ3n) is 4.91. The molecule has 0 aromatic heterocycles. The Kier molecular flexibility index (Phi) is 9.49. The lowest BCUT2D eigenvalue weighted by Gasteiger charge is -2.13. The summed E-state index contributed by atoms with van der Waals surface area (Å²) in [7, 11) is 0. The van der Waals surface area contributed by atoms with E-state index in [-0.39, 0.29) is 12.2 Å². The Hall–Kier alpha value is -4.28. The van der Waals surface area contributed by atoms with Gasteiger partial charge < -0.3 is 19.5 Å². The van der Waals surface area contributed by atoms with Gasteiger partial charge in [-0.2, -0.15) is 5.26 Å². The van der Waals surface area contributed by atoms with Crippen LogP contribution in [-0.2, 0) is 16.1 Å². The molecule has 0 aliphatic carbocycles. The molecule has 1 N–H and O–H groups in total. The van der Waals surface area contributed by atoms with E-state index in [4.69, 9.17) is 25.8 Å². The summed E-state index contributed by atoms with van der Waals surface area (Å²) in [5, 5.41) is 12.9. The molecule has 0 radical (unpaired) electrons. The third kappa shape index (κ3) is 7.36. The first-order valence-corrected chi connectivity index (χ1v) is 11.7. The van der Waals surface area contributed by atoms with E-state index in [0.717, 1.165) is 5.56 Å². The van der Waals surface area contributed by atoms with E-state index in [2.05, 4.69) is 5.32 Å². The van der Waals surface area contributed by atoms with Gasteiger partial charge in [0.1, 0.15) is 18.2 Å². The average Bonchev–Trinajstić information content (AvgIpc) is 2.88. The van der Waals surface area contributed by atoms with Crippen LogP contribution in [0.1, 0.15) is 35.3 Å². The predicted molar refractivity (Wildman–Crippen MR) is 138 cm³/mol. The van der Waals surface area contributed by atoms with Crippen molar-refractivity contribution in [3.63, 3.8) is 0 Å². The lowest BCUT2D eigenvalue weighted by atomic mass is 10.1. The van der Waals surface area contributed by atoms with Gasteiger partial charge in [0.25, 0.3) is 5.91 Å². The van der Waals surface area contributed by atoms with E-state index in [9.17, 15) is 14.9 Å². The van der Waals surface area contributed by atoms with Crippen LogP contribution in [0.2, 0.25) is 5.02 Å². The zero-order valence-electron chi connectivity index (χ0n) is 19.9. The minimum absolute atomic E-state index is 0.0956. The second-order valence-corrected chi connectivity index (χ2v) is 7.91. The van der Waals surface area contributed by atoms with E-state index in [1.54, 1.807) is 61.5 Å². The molecular weight excluding hydrogens is 480 g/mol. The summed E-state index contributed by atoms with van der Waals surface area (Å²) in [4.78, 5) is 24.4. The summed E-state index contributed by atoms with van der Waals surface area (Å²) < 4.78 is 16.6. The highest BCUT2D eigenvalue weighted by molar-refractivity contribution is 6.30. The molecule has 0 heterocycles. The molecule has 0 saturated heterocycles. The molecule has 3 aromatic rings. The number of esters is 1. The van der Waals surface area contributed by atoms with Crippen LogP contribution in [0.3, 0.4) is 0 Å². The lowest BCUT2D eigenvalue weighted by Crippen LogP contribution is -2.13. The molecule has 0 bridgehead atoms. The van der Waals surface area contributed by atoms with Gasteiger partial charge in [0.2, 0.25) is 0 Å². The summed E-state index contributed by atoms with van der Waals surface area (Å²) in [6.07, 6.45) is 1.47. The molecular formula is C28H25ClN2O5. The summed E-state index contributed by atoms with van der Waals surface area (Å²) in [5.74, 6) is 0.00200. The van der Waals surface area contributed by atoms with Gasteiger partial charge in [0.05, 0.1) is 18.8 Å². The quantitative estimate of drug-likeness (QED) is 0.205. The zero-order valence-corrected chi connectivity index (χ0v) is 20.7. The first-order chi connectivity index (χ1) is 17.4. The molecule has 0 fully saturated rings. The number of anilines is 1. The Bertz CT molecular complexity index is 1280. The van der Waals surface area contributed by atoms with E-state index >= 15 is 0 Å². The lowest BCUT2D eigenvalue weighted by molar-refractivity contribution is -0.112. The van der Waals surface area contributed by atoms with Gasteiger partial charge in [-0.15, -0.1) is 0 Å². The van der Waals surface area contributed by atoms with Gasteiger partial charge in [0, 0.05) is 10.7 Å². The Morgan fingerprint density at radius 2 is 1.67 bits per heavy atom. The minimum atomic E-state index is -0.581. The summed E-state index contributed by atoms with van der Waals surface area (Å²) in [6, 6.07) is 20.7. The van der Waals surface area contributed by atoms with Crippen molar-refractivity contribution < 1.29 is 23.8 Å². The second-order valence-electron chi connectivity index (χ2n) is 7.48. The van der Waals surface area contributed by atoms with Crippen molar-refractivity contribution in [3.05, 3.63) is 94.0 Å². The Morgan fingerprint density at radius 3 is 2.31 bits per heavy atom. The number of hydrogen-bond donors (Lipinski definition) is 1. The molecule has 0 aliphatic heterocycles. The molecule has 3 rings (SSSR count). The highest BCUT2D eigenvalue weighted by Crippen LogP contribution is 2.30. The number of halogens is 1. The minimum Gasteiger partial charge on any atom is -0.490 e. The maximum atomic E-state index is 12.7. The zero-order chi connectivity index (χ0) is 25.9. The number of nitrogens with one attached hydrogen (secondary N) is 1. The van der Waals surface area contributed by atoms with Crippen LogP contribution in [0.5, 0.6) is 11.5 Å². The van der Waals surface area contributed by atoms with E-state index in [1.165, 1.54) is 6.08 Å². The highest BCUT2D eigenvalue weighted by atomic mass is 35.5. The molecule has 0 spiro atoms. The smallest absolute Gasteiger partial charge is 0.338 e. The van der Waals surface area contributed by atoms with Crippen molar-refractivity contribution in [1.29, 1.82) is 5.26 Å². The topological polar surface area (TPSA) is 97.7 Å².